The highest BCUT2D eigenvalue weighted by atomic mass is 16.2. The van der Waals surface area contributed by atoms with Gasteiger partial charge < -0.3 is 5.11 Å². The van der Waals surface area contributed by atoms with Gasteiger partial charge in [-0.25, -0.2) is 0 Å². The average molecular weight is 433 g/mol. The summed E-state index contributed by atoms with van der Waals surface area (Å²) >= 11 is 0. The first-order valence-corrected chi connectivity index (χ1v) is 12.0. The molecule has 0 radical (unpaired) electrons. The van der Waals surface area contributed by atoms with Crippen molar-refractivity contribution < 1.29 is 5.11 Å². The normalized spacial score (nSPS) is 10.7. The summed E-state index contributed by atoms with van der Waals surface area (Å²) in [7, 11) is 0. The van der Waals surface area contributed by atoms with Gasteiger partial charge in [0.05, 0.1) is 0 Å². The van der Waals surface area contributed by atoms with Crippen molar-refractivity contribution in [1.29, 1.82) is 0 Å². The van der Waals surface area contributed by atoms with E-state index >= 15 is 0 Å². The smallest absolute Gasteiger partial charge is 0.0431 e. The Morgan fingerprint density at radius 2 is 0.818 bits per heavy atom. The third-order valence-corrected chi connectivity index (χ3v) is 6.05. The van der Waals surface area contributed by atoms with Crippen LogP contribution in [0.1, 0.15) is 53.5 Å². The fourth-order valence-corrected chi connectivity index (χ4v) is 4.36. The van der Waals surface area contributed by atoms with Gasteiger partial charge in [-0.2, -0.15) is 0 Å². The van der Waals surface area contributed by atoms with E-state index in [9.17, 15) is 0 Å². The lowest BCUT2D eigenvalue weighted by atomic mass is 9.85. The molecule has 0 aliphatic heterocycles. The maximum absolute atomic E-state index is 8.96. The Labute approximate surface area is 198 Å². The number of aliphatic hydroxyl groups excluding tert-OH is 1. The van der Waals surface area contributed by atoms with Gasteiger partial charge in [-0.1, -0.05) is 128 Å². The minimum Gasteiger partial charge on any atom is -0.396 e. The van der Waals surface area contributed by atoms with E-state index in [1.807, 2.05) is 0 Å². The molecule has 1 nitrogen and oxygen atoms in total. The summed E-state index contributed by atoms with van der Waals surface area (Å²) in [6, 6.07) is 41.2. The zero-order valence-electron chi connectivity index (χ0n) is 19.2. The minimum atomic E-state index is 0.300. The molecule has 0 saturated carbocycles. The Morgan fingerprint density at radius 3 is 1.24 bits per heavy atom. The van der Waals surface area contributed by atoms with Crippen LogP contribution in [0.15, 0.2) is 115 Å². The van der Waals surface area contributed by atoms with Crippen molar-refractivity contribution in [2.75, 3.05) is 6.61 Å². The van der Waals surface area contributed by atoms with Crippen molar-refractivity contribution >= 4 is 11.1 Å². The van der Waals surface area contributed by atoms with E-state index in [1.54, 1.807) is 0 Å². The molecule has 0 amide bonds. The molecule has 0 aromatic heterocycles. The van der Waals surface area contributed by atoms with Crippen molar-refractivity contribution in [2.24, 2.45) is 0 Å². The average Bonchev–Trinajstić information content (AvgIpc) is 2.89. The molecule has 4 rings (SSSR count). The summed E-state index contributed by atoms with van der Waals surface area (Å²) in [5.74, 6) is 0. The van der Waals surface area contributed by atoms with E-state index in [0.717, 1.165) is 19.3 Å². The molecule has 4 aromatic carbocycles. The van der Waals surface area contributed by atoms with Gasteiger partial charge in [-0.15, -0.1) is 0 Å². The fraction of sp³-hybridized carbons (Fsp3) is 0.188. The van der Waals surface area contributed by atoms with Crippen molar-refractivity contribution in [2.45, 2.75) is 32.1 Å². The Hall–Kier alpha value is -3.42. The van der Waals surface area contributed by atoms with Gasteiger partial charge in [0.25, 0.3) is 0 Å². The summed E-state index contributed by atoms with van der Waals surface area (Å²) in [6.07, 6.45) is 5.43. The molecular weight excluding hydrogens is 400 g/mol. The number of unbranched alkanes of at least 4 members (excludes halogenated alkanes) is 3. The molecule has 33 heavy (non-hydrogen) atoms. The van der Waals surface area contributed by atoms with E-state index in [2.05, 4.69) is 115 Å². The van der Waals surface area contributed by atoms with Crippen molar-refractivity contribution in [3.63, 3.8) is 0 Å². The van der Waals surface area contributed by atoms with Crippen LogP contribution in [0.5, 0.6) is 0 Å². The van der Waals surface area contributed by atoms with Gasteiger partial charge in [0.2, 0.25) is 0 Å². The predicted molar refractivity (Wildman–Crippen MR) is 140 cm³/mol. The van der Waals surface area contributed by atoms with Gasteiger partial charge in [0.15, 0.2) is 0 Å². The lowest BCUT2D eigenvalue weighted by molar-refractivity contribution is 0.282. The van der Waals surface area contributed by atoms with Crippen LogP contribution in [0.3, 0.4) is 0 Å². The number of hydrogen-bond acceptors (Lipinski definition) is 1. The second-order valence-electron chi connectivity index (χ2n) is 8.43. The van der Waals surface area contributed by atoms with Crippen LogP contribution in [0.25, 0.3) is 11.1 Å². The molecule has 1 heteroatoms. The summed E-state index contributed by atoms with van der Waals surface area (Å²) in [6.45, 7) is 0.300. The molecule has 166 valence electrons. The Morgan fingerprint density at radius 1 is 0.424 bits per heavy atom. The van der Waals surface area contributed by atoms with Crippen molar-refractivity contribution in [3.05, 3.63) is 143 Å². The number of aryl methyl sites for hydroxylation is 1. The van der Waals surface area contributed by atoms with Crippen LogP contribution in [-0.2, 0) is 6.42 Å². The standard InChI is InChI=1S/C32H32O/c33-25-13-2-1-6-14-26-21-23-30(24-22-26)32(29-19-11-5-12-20-29)31(27-15-7-3-8-16-27)28-17-9-4-10-18-28/h3-5,7-12,15-24,33H,1-2,6,13-14,25H2. The van der Waals surface area contributed by atoms with E-state index in [0.29, 0.717) is 6.61 Å². The second-order valence-corrected chi connectivity index (χ2v) is 8.43. The van der Waals surface area contributed by atoms with Crippen LogP contribution < -0.4 is 0 Å². The molecule has 0 heterocycles. The lowest BCUT2D eigenvalue weighted by Gasteiger charge is -2.18. The monoisotopic (exact) mass is 432 g/mol. The van der Waals surface area contributed by atoms with Gasteiger partial charge in [-0.3, -0.25) is 0 Å². The van der Waals surface area contributed by atoms with Gasteiger partial charge in [0, 0.05) is 6.61 Å². The minimum absolute atomic E-state index is 0.300. The zero-order valence-corrected chi connectivity index (χ0v) is 19.2. The SMILES string of the molecule is OCCCCCCc1ccc(C(=C(c2ccccc2)c2ccccc2)c2ccccc2)cc1. The van der Waals surface area contributed by atoms with Crippen LogP contribution in [-0.4, -0.2) is 11.7 Å². The van der Waals surface area contributed by atoms with E-state index < -0.39 is 0 Å². The number of aliphatic hydroxyl groups is 1. The molecule has 1 N–H and O–H groups in total. The maximum atomic E-state index is 8.96. The summed E-state index contributed by atoms with van der Waals surface area (Å²) < 4.78 is 0. The van der Waals surface area contributed by atoms with Gasteiger partial charge in [-0.05, 0) is 58.2 Å². The van der Waals surface area contributed by atoms with Crippen molar-refractivity contribution in [1.82, 2.24) is 0 Å². The van der Waals surface area contributed by atoms with E-state index in [-0.39, 0.29) is 0 Å². The summed E-state index contributed by atoms with van der Waals surface area (Å²) in [5, 5.41) is 8.96. The highest BCUT2D eigenvalue weighted by Gasteiger charge is 2.15. The summed E-state index contributed by atoms with van der Waals surface area (Å²) in [4.78, 5) is 0. The number of benzene rings is 4. The summed E-state index contributed by atoms with van der Waals surface area (Å²) in [5.41, 5.74) is 8.76. The largest absolute Gasteiger partial charge is 0.396 e. The Balaban J connectivity index is 1.77. The molecule has 0 aliphatic carbocycles. The third-order valence-electron chi connectivity index (χ3n) is 6.05. The molecule has 0 spiro atoms. The first-order chi connectivity index (χ1) is 16.4. The highest BCUT2D eigenvalue weighted by Crippen LogP contribution is 2.36. The molecule has 0 aliphatic rings. The lowest BCUT2D eigenvalue weighted by Crippen LogP contribution is -1.98. The zero-order chi connectivity index (χ0) is 22.7. The van der Waals surface area contributed by atoms with E-state index in [4.69, 9.17) is 5.11 Å². The first-order valence-electron chi connectivity index (χ1n) is 12.0. The third kappa shape index (κ3) is 6.09. The van der Waals surface area contributed by atoms with Gasteiger partial charge in [0.1, 0.15) is 0 Å². The van der Waals surface area contributed by atoms with Crippen LogP contribution >= 0.6 is 0 Å². The molecule has 0 bridgehead atoms. The second kappa shape index (κ2) is 12.0. The quantitative estimate of drug-likeness (QED) is 0.200. The van der Waals surface area contributed by atoms with Crippen LogP contribution in [0, 0.1) is 0 Å². The fourth-order valence-electron chi connectivity index (χ4n) is 4.36. The number of hydrogen-bond donors (Lipinski definition) is 1. The van der Waals surface area contributed by atoms with E-state index in [1.165, 1.54) is 51.8 Å². The number of rotatable bonds is 10. The molecule has 0 atom stereocenters. The molecule has 0 saturated heterocycles. The Kier molecular flexibility index (Phi) is 8.27. The molecular formula is C32H32O. The molecule has 0 unspecified atom stereocenters. The topological polar surface area (TPSA) is 20.2 Å². The molecule has 4 aromatic rings. The first kappa shape index (κ1) is 22.8. The van der Waals surface area contributed by atoms with Crippen LogP contribution in [0.2, 0.25) is 0 Å². The van der Waals surface area contributed by atoms with Crippen LogP contribution in [0.4, 0.5) is 0 Å². The molecule has 0 fully saturated rings. The van der Waals surface area contributed by atoms with Gasteiger partial charge >= 0.3 is 0 Å². The Bertz CT molecular complexity index is 1090. The van der Waals surface area contributed by atoms with Crippen molar-refractivity contribution in [3.8, 4) is 0 Å². The highest BCUT2D eigenvalue weighted by molar-refractivity contribution is 6.04. The maximum Gasteiger partial charge on any atom is 0.0431 e. The predicted octanol–water partition coefficient (Wildman–Crippen LogP) is 7.79.